The summed E-state index contributed by atoms with van der Waals surface area (Å²) in [6, 6.07) is 0. The minimum Gasteiger partial charge on any atom is -0.462 e. The van der Waals surface area contributed by atoms with Gasteiger partial charge < -0.3 is 14.6 Å². The van der Waals surface area contributed by atoms with Gasteiger partial charge in [0.2, 0.25) is 0 Å². The number of aliphatic hydroxyl groups is 1. The van der Waals surface area contributed by atoms with Gasteiger partial charge in [0, 0.05) is 12.8 Å². The highest BCUT2D eigenvalue weighted by atomic mass is 16.6. The highest BCUT2D eigenvalue weighted by Crippen LogP contribution is 2.14. The van der Waals surface area contributed by atoms with Crippen LogP contribution in [0.1, 0.15) is 181 Å². The monoisotopic (exact) mass is 593 g/mol. The molecule has 0 fully saturated rings. The summed E-state index contributed by atoms with van der Waals surface area (Å²) in [6.45, 7) is 4.03. The Morgan fingerprint density at radius 1 is 0.548 bits per heavy atom. The van der Waals surface area contributed by atoms with Crippen LogP contribution < -0.4 is 0 Å². The van der Waals surface area contributed by atoms with E-state index in [1.54, 1.807) is 0 Å². The van der Waals surface area contributed by atoms with E-state index >= 15 is 0 Å². The Morgan fingerprint density at radius 2 is 0.952 bits per heavy atom. The number of rotatable bonds is 32. The van der Waals surface area contributed by atoms with Gasteiger partial charge in [-0.15, -0.1) is 0 Å². The molecule has 0 aromatic carbocycles. The van der Waals surface area contributed by atoms with Crippen LogP contribution in [0.5, 0.6) is 0 Å². The van der Waals surface area contributed by atoms with Crippen molar-refractivity contribution in [2.24, 2.45) is 0 Å². The average molecular weight is 593 g/mol. The van der Waals surface area contributed by atoms with Crippen molar-refractivity contribution in [1.29, 1.82) is 0 Å². The lowest BCUT2D eigenvalue weighted by Crippen LogP contribution is -2.28. The van der Waals surface area contributed by atoms with E-state index in [0.717, 1.165) is 44.9 Å². The average Bonchev–Trinajstić information content (AvgIpc) is 2.99. The van der Waals surface area contributed by atoms with Gasteiger partial charge in [-0.2, -0.15) is 0 Å². The van der Waals surface area contributed by atoms with Crippen molar-refractivity contribution >= 4 is 11.9 Å². The Hall–Kier alpha value is -1.62. The van der Waals surface area contributed by atoms with Crippen molar-refractivity contribution in [1.82, 2.24) is 0 Å². The van der Waals surface area contributed by atoms with Crippen LogP contribution in [0.15, 0.2) is 24.3 Å². The van der Waals surface area contributed by atoms with Crippen LogP contribution >= 0.6 is 0 Å². The molecule has 0 aromatic rings. The molecule has 0 amide bonds. The zero-order valence-electron chi connectivity index (χ0n) is 27.8. The molecule has 246 valence electrons. The van der Waals surface area contributed by atoms with Gasteiger partial charge in [0.1, 0.15) is 6.61 Å². The van der Waals surface area contributed by atoms with Gasteiger partial charge in [0.15, 0.2) is 6.10 Å². The lowest BCUT2D eigenvalue weighted by Gasteiger charge is -2.15. The number of carbonyl (C=O) groups excluding carboxylic acids is 2. The molecule has 0 spiro atoms. The first kappa shape index (κ1) is 40.4. The minimum absolute atomic E-state index is 0.0652. The molecular formula is C37H68O5. The van der Waals surface area contributed by atoms with Crippen LogP contribution in [0, 0.1) is 0 Å². The zero-order valence-corrected chi connectivity index (χ0v) is 27.8. The fraction of sp³-hybridized carbons (Fsp3) is 0.838. The number of ether oxygens (including phenoxy) is 2. The normalized spacial score (nSPS) is 12.4. The quantitative estimate of drug-likeness (QED) is 0.0478. The third-order valence-corrected chi connectivity index (χ3v) is 7.75. The Labute approximate surface area is 260 Å². The molecule has 5 nitrogen and oxygen atoms in total. The van der Waals surface area contributed by atoms with Crippen molar-refractivity contribution < 1.29 is 24.2 Å². The Morgan fingerprint density at radius 3 is 1.40 bits per heavy atom. The Balaban J connectivity index is 3.46. The van der Waals surface area contributed by atoms with Crippen LogP contribution in [0.4, 0.5) is 0 Å². The Kier molecular flexibility index (Phi) is 32.6. The lowest BCUT2D eigenvalue weighted by atomic mass is 10.0. The first-order valence-electron chi connectivity index (χ1n) is 17.9. The first-order chi connectivity index (χ1) is 20.6. The highest BCUT2D eigenvalue weighted by molar-refractivity contribution is 5.70. The summed E-state index contributed by atoms with van der Waals surface area (Å²) in [5.74, 6) is -0.605. The van der Waals surface area contributed by atoms with E-state index < -0.39 is 6.10 Å². The van der Waals surface area contributed by atoms with Gasteiger partial charge in [0.25, 0.3) is 0 Å². The van der Waals surface area contributed by atoms with E-state index in [2.05, 4.69) is 38.2 Å². The molecule has 0 rings (SSSR count). The van der Waals surface area contributed by atoms with Crippen molar-refractivity contribution in [3.63, 3.8) is 0 Å². The summed E-state index contributed by atoms with van der Waals surface area (Å²) in [5.41, 5.74) is 0. The van der Waals surface area contributed by atoms with E-state index in [-0.39, 0.29) is 25.2 Å². The summed E-state index contributed by atoms with van der Waals surface area (Å²) in [4.78, 5) is 23.9. The molecule has 0 heterocycles. The molecule has 0 aliphatic carbocycles. The Bertz CT molecular complexity index is 642. The zero-order chi connectivity index (χ0) is 30.8. The van der Waals surface area contributed by atoms with E-state index in [1.165, 1.54) is 109 Å². The van der Waals surface area contributed by atoms with Gasteiger partial charge in [-0.3, -0.25) is 9.59 Å². The SMILES string of the molecule is CCCCCCC/C=C\C/C=C\CCCCCCCCCCCCCC(=O)OC(CO)COC(=O)CCCCCCC. The van der Waals surface area contributed by atoms with E-state index in [0.29, 0.717) is 12.8 Å². The molecule has 1 unspecified atom stereocenters. The number of hydrogen-bond acceptors (Lipinski definition) is 5. The standard InChI is InChI=1S/C37H68O5/c1-3-5-7-9-10-11-12-13-14-15-16-17-18-19-20-21-22-23-24-25-26-28-30-32-37(40)42-35(33-38)34-41-36(39)31-29-27-8-6-4-2/h12-13,15-16,35,38H,3-11,14,17-34H2,1-2H3/b13-12-,16-15-. The maximum Gasteiger partial charge on any atom is 0.306 e. The largest absolute Gasteiger partial charge is 0.462 e. The molecule has 1 atom stereocenters. The molecular weight excluding hydrogens is 524 g/mol. The van der Waals surface area contributed by atoms with Crippen molar-refractivity contribution in [3.8, 4) is 0 Å². The summed E-state index contributed by atoms with van der Waals surface area (Å²) >= 11 is 0. The molecule has 0 aliphatic heterocycles. The molecule has 0 radical (unpaired) electrons. The maximum atomic E-state index is 12.1. The summed E-state index contributed by atoms with van der Waals surface area (Å²) in [5, 5.41) is 9.44. The first-order valence-corrected chi connectivity index (χ1v) is 17.9. The molecule has 0 saturated carbocycles. The third kappa shape index (κ3) is 31.3. The van der Waals surface area contributed by atoms with E-state index in [1.807, 2.05) is 0 Å². The van der Waals surface area contributed by atoms with Gasteiger partial charge in [-0.25, -0.2) is 0 Å². The minimum atomic E-state index is -0.764. The van der Waals surface area contributed by atoms with Gasteiger partial charge in [0.05, 0.1) is 6.61 Å². The van der Waals surface area contributed by atoms with Crippen LogP contribution in [0.2, 0.25) is 0 Å². The highest BCUT2D eigenvalue weighted by Gasteiger charge is 2.16. The fourth-order valence-electron chi connectivity index (χ4n) is 4.99. The van der Waals surface area contributed by atoms with Crippen molar-refractivity contribution in [2.45, 2.75) is 187 Å². The fourth-order valence-corrected chi connectivity index (χ4v) is 4.99. The molecule has 0 aromatic heterocycles. The predicted octanol–water partition coefficient (Wildman–Crippen LogP) is 10.7. The van der Waals surface area contributed by atoms with Crippen molar-refractivity contribution in [2.75, 3.05) is 13.2 Å². The number of hydrogen-bond donors (Lipinski definition) is 1. The molecule has 0 saturated heterocycles. The second-order valence-electron chi connectivity index (χ2n) is 12.0. The number of allylic oxidation sites excluding steroid dienone is 4. The predicted molar refractivity (Wildman–Crippen MR) is 178 cm³/mol. The maximum absolute atomic E-state index is 12.1. The summed E-state index contributed by atoms with van der Waals surface area (Å²) in [6.07, 6.45) is 38.5. The smallest absolute Gasteiger partial charge is 0.306 e. The number of unbranched alkanes of at least 4 members (excludes halogenated alkanes) is 20. The number of carbonyl (C=O) groups is 2. The van der Waals surface area contributed by atoms with Gasteiger partial charge in [-0.1, -0.05) is 147 Å². The van der Waals surface area contributed by atoms with Crippen LogP contribution in [0.25, 0.3) is 0 Å². The number of esters is 2. The van der Waals surface area contributed by atoms with E-state index in [9.17, 15) is 14.7 Å². The van der Waals surface area contributed by atoms with Crippen molar-refractivity contribution in [3.05, 3.63) is 24.3 Å². The third-order valence-electron chi connectivity index (χ3n) is 7.75. The summed E-state index contributed by atoms with van der Waals surface area (Å²) < 4.78 is 10.5. The number of aliphatic hydroxyl groups excluding tert-OH is 1. The second-order valence-corrected chi connectivity index (χ2v) is 12.0. The molecule has 5 heteroatoms. The molecule has 1 N–H and O–H groups in total. The van der Waals surface area contributed by atoms with Gasteiger partial charge in [-0.05, 0) is 44.9 Å². The molecule has 42 heavy (non-hydrogen) atoms. The van der Waals surface area contributed by atoms with Crippen LogP contribution in [-0.4, -0.2) is 36.4 Å². The second kappa shape index (κ2) is 33.9. The molecule has 0 bridgehead atoms. The van der Waals surface area contributed by atoms with Gasteiger partial charge >= 0.3 is 11.9 Å². The topological polar surface area (TPSA) is 72.8 Å². The molecule has 0 aliphatic rings. The lowest BCUT2D eigenvalue weighted by molar-refractivity contribution is -0.161. The van der Waals surface area contributed by atoms with E-state index in [4.69, 9.17) is 9.47 Å². The van der Waals surface area contributed by atoms with Crippen LogP contribution in [0.3, 0.4) is 0 Å². The van der Waals surface area contributed by atoms with Crippen LogP contribution in [-0.2, 0) is 19.1 Å². The summed E-state index contributed by atoms with van der Waals surface area (Å²) in [7, 11) is 0.